The van der Waals surface area contributed by atoms with E-state index in [0.717, 1.165) is 6.54 Å². The van der Waals surface area contributed by atoms with E-state index < -0.39 is 0 Å². The topological polar surface area (TPSA) is 40.6 Å². The highest BCUT2D eigenvalue weighted by Crippen LogP contribution is 2.30. The van der Waals surface area contributed by atoms with Gasteiger partial charge in [-0.2, -0.15) is 0 Å². The minimum Gasteiger partial charge on any atom is -0.341 e. The summed E-state index contributed by atoms with van der Waals surface area (Å²) >= 11 is 0. The molecule has 0 N–H and O–H groups in total. The van der Waals surface area contributed by atoms with Gasteiger partial charge in [0.2, 0.25) is 11.8 Å². The molecule has 1 aliphatic heterocycles. The maximum Gasteiger partial charge on any atom is 0.246 e. The average Bonchev–Trinajstić information content (AvgIpc) is 3.37. The van der Waals surface area contributed by atoms with Crippen LogP contribution >= 0.6 is 0 Å². The summed E-state index contributed by atoms with van der Waals surface area (Å²) in [6.45, 7) is 2.39. The Bertz CT molecular complexity index is 625. The van der Waals surface area contributed by atoms with E-state index in [1.54, 1.807) is 23.1 Å². The van der Waals surface area contributed by atoms with Crippen molar-refractivity contribution in [1.82, 2.24) is 9.80 Å². The first-order valence-electron chi connectivity index (χ1n) is 8.13. The largest absolute Gasteiger partial charge is 0.341 e. The molecule has 1 heterocycles. The molecule has 0 radical (unpaired) electrons. The van der Waals surface area contributed by atoms with E-state index in [-0.39, 0.29) is 17.6 Å². The molecule has 1 aromatic carbocycles. The fraction of sp³-hybridized carbons (Fsp3) is 0.444. The first-order chi connectivity index (χ1) is 11.1. The minimum absolute atomic E-state index is 0.130. The third-order valence-electron chi connectivity index (χ3n) is 4.39. The van der Waals surface area contributed by atoms with Gasteiger partial charge in [-0.1, -0.05) is 18.2 Å². The van der Waals surface area contributed by atoms with Gasteiger partial charge in [0.1, 0.15) is 5.82 Å². The van der Waals surface area contributed by atoms with Gasteiger partial charge in [-0.25, -0.2) is 4.39 Å². The Kier molecular flexibility index (Phi) is 4.74. The minimum atomic E-state index is -0.349. The van der Waals surface area contributed by atoms with E-state index in [9.17, 15) is 14.0 Å². The van der Waals surface area contributed by atoms with E-state index >= 15 is 0 Å². The zero-order valence-electron chi connectivity index (χ0n) is 13.1. The monoisotopic (exact) mass is 316 g/mol. The first-order valence-corrected chi connectivity index (χ1v) is 8.13. The van der Waals surface area contributed by atoms with Crippen LogP contribution in [0.5, 0.6) is 0 Å². The van der Waals surface area contributed by atoms with Gasteiger partial charge in [0.05, 0.1) is 0 Å². The van der Waals surface area contributed by atoms with Crippen molar-refractivity contribution in [2.45, 2.75) is 19.3 Å². The molecule has 2 amide bonds. The van der Waals surface area contributed by atoms with Gasteiger partial charge in [-0.3, -0.25) is 9.59 Å². The van der Waals surface area contributed by atoms with E-state index in [2.05, 4.69) is 0 Å². The smallest absolute Gasteiger partial charge is 0.246 e. The van der Waals surface area contributed by atoms with Crippen molar-refractivity contribution in [3.63, 3.8) is 0 Å². The van der Waals surface area contributed by atoms with Crippen LogP contribution in [0, 0.1) is 11.7 Å². The molecule has 3 rings (SSSR count). The Hall–Kier alpha value is -2.17. The van der Waals surface area contributed by atoms with Crippen LogP contribution < -0.4 is 0 Å². The zero-order valence-corrected chi connectivity index (χ0v) is 13.1. The fourth-order valence-corrected chi connectivity index (χ4v) is 2.77. The van der Waals surface area contributed by atoms with Gasteiger partial charge < -0.3 is 9.80 Å². The van der Waals surface area contributed by atoms with Crippen LogP contribution in [0.1, 0.15) is 24.8 Å². The summed E-state index contributed by atoms with van der Waals surface area (Å²) in [4.78, 5) is 27.9. The quantitative estimate of drug-likeness (QED) is 0.800. The summed E-state index contributed by atoms with van der Waals surface area (Å²) in [5.74, 6) is 0.264. The summed E-state index contributed by atoms with van der Waals surface area (Å²) in [6.07, 6.45) is 5.66. The summed E-state index contributed by atoms with van der Waals surface area (Å²) in [6, 6.07) is 6.34. The molecule has 2 aliphatic rings. The molecule has 1 aromatic rings. The van der Waals surface area contributed by atoms with E-state index in [0.29, 0.717) is 37.5 Å². The van der Waals surface area contributed by atoms with Gasteiger partial charge in [0, 0.05) is 44.2 Å². The van der Waals surface area contributed by atoms with E-state index in [4.69, 9.17) is 0 Å². The van der Waals surface area contributed by atoms with Crippen molar-refractivity contribution in [2.24, 2.45) is 5.92 Å². The van der Waals surface area contributed by atoms with Crippen molar-refractivity contribution in [2.75, 3.05) is 26.2 Å². The van der Waals surface area contributed by atoms with E-state index in [1.165, 1.54) is 31.1 Å². The maximum atomic E-state index is 13.5. The van der Waals surface area contributed by atoms with Crippen molar-refractivity contribution < 1.29 is 14.0 Å². The second kappa shape index (κ2) is 6.94. The summed E-state index contributed by atoms with van der Waals surface area (Å²) in [5, 5.41) is 0. The second-order valence-electron chi connectivity index (χ2n) is 6.21. The fourth-order valence-electron chi connectivity index (χ4n) is 2.77. The molecule has 0 aromatic heterocycles. The van der Waals surface area contributed by atoms with Crippen molar-refractivity contribution in [3.05, 3.63) is 41.7 Å². The molecule has 23 heavy (non-hydrogen) atoms. The molecule has 1 aliphatic carbocycles. The van der Waals surface area contributed by atoms with Gasteiger partial charge in [-0.05, 0) is 30.9 Å². The lowest BCUT2D eigenvalue weighted by Crippen LogP contribution is -2.36. The van der Waals surface area contributed by atoms with Gasteiger partial charge in [0.15, 0.2) is 0 Å². The Morgan fingerprint density at radius 2 is 2.00 bits per heavy atom. The van der Waals surface area contributed by atoms with Gasteiger partial charge in [0.25, 0.3) is 0 Å². The van der Waals surface area contributed by atoms with Crippen LogP contribution in [0.15, 0.2) is 30.3 Å². The Labute approximate surface area is 135 Å². The van der Waals surface area contributed by atoms with Crippen LogP contribution in [0.4, 0.5) is 4.39 Å². The predicted molar refractivity (Wildman–Crippen MR) is 85.9 cm³/mol. The summed E-state index contributed by atoms with van der Waals surface area (Å²) in [5.41, 5.74) is 0.391. The lowest BCUT2D eigenvalue weighted by molar-refractivity contribution is -0.130. The number of amides is 2. The molecule has 1 saturated carbocycles. The SMILES string of the molecule is O=C(/C=C/c1ccccc1F)N1CCC(=O)N(CC2CC2)CC1. The number of hydrogen-bond acceptors (Lipinski definition) is 2. The van der Waals surface area contributed by atoms with Crippen molar-refractivity contribution in [1.29, 1.82) is 0 Å². The molecule has 0 unspecified atom stereocenters. The molecule has 2 fully saturated rings. The number of benzene rings is 1. The van der Waals surface area contributed by atoms with Gasteiger partial charge >= 0.3 is 0 Å². The molecule has 0 atom stereocenters. The highest BCUT2D eigenvalue weighted by atomic mass is 19.1. The molecule has 0 bridgehead atoms. The highest BCUT2D eigenvalue weighted by Gasteiger charge is 2.29. The zero-order chi connectivity index (χ0) is 16.2. The van der Waals surface area contributed by atoms with Crippen molar-refractivity contribution in [3.8, 4) is 0 Å². The lowest BCUT2D eigenvalue weighted by Gasteiger charge is -2.21. The van der Waals surface area contributed by atoms with Crippen LogP contribution in [0.3, 0.4) is 0 Å². The molecular formula is C18H21FN2O2. The molecular weight excluding hydrogens is 295 g/mol. The number of nitrogens with zero attached hydrogens (tertiary/aromatic N) is 2. The summed E-state index contributed by atoms with van der Waals surface area (Å²) in [7, 11) is 0. The predicted octanol–water partition coefficient (Wildman–Crippen LogP) is 2.31. The standard InChI is InChI=1S/C18H21FN2O2/c19-16-4-2-1-3-15(16)7-8-17(22)20-10-9-18(23)21(12-11-20)13-14-5-6-14/h1-4,7-8,14H,5-6,9-13H2/b8-7+. The molecule has 1 saturated heterocycles. The first kappa shape index (κ1) is 15.7. The third-order valence-corrected chi connectivity index (χ3v) is 4.39. The number of rotatable bonds is 4. The van der Waals surface area contributed by atoms with Crippen LogP contribution in [0.25, 0.3) is 6.08 Å². The number of carbonyl (C=O) groups excluding carboxylic acids is 2. The molecule has 4 nitrogen and oxygen atoms in total. The number of carbonyl (C=O) groups is 2. The molecule has 0 spiro atoms. The summed E-state index contributed by atoms with van der Waals surface area (Å²) < 4.78 is 13.5. The van der Waals surface area contributed by atoms with E-state index in [1.807, 2.05) is 4.90 Å². The molecule has 5 heteroatoms. The number of hydrogen-bond donors (Lipinski definition) is 0. The van der Waals surface area contributed by atoms with Gasteiger partial charge in [-0.15, -0.1) is 0 Å². The Morgan fingerprint density at radius 3 is 2.74 bits per heavy atom. The Balaban J connectivity index is 1.59. The maximum absolute atomic E-state index is 13.5. The highest BCUT2D eigenvalue weighted by molar-refractivity contribution is 5.92. The lowest BCUT2D eigenvalue weighted by atomic mass is 10.2. The van der Waals surface area contributed by atoms with Crippen LogP contribution in [0.2, 0.25) is 0 Å². The number of halogens is 1. The molecule has 122 valence electrons. The van der Waals surface area contributed by atoms with Crippen LogP contribution in [-0.4, -0.2) is 47.8 Å². The average molecular weight is 316 g/mol. The normalized spacial score (nSPS) is 19.3. The van der Waals surface area contributed by atoms with Crippen molar-refractivity contribution >= 4 is 17.9 Å². The third kappa shape index (κ3) is 4.18. The van der Waals surface area contributed by atoms with Crippen LogP contribution in [-0.2, 0) is 9.59 Å². The Morgan fingerprint density at radius 1 is 1.22 bits per heavy atom. The second-order valence-corrected chi connectivity index (χ2v) is 6.21.